The molecule has 0 saturated heterocycles. The Morgan fingerprint density at radius 3 is 0.859 bits per heavy atom. The Kier molecular flexibility index (Phi) is 9.73. The van der Waals surface area contributed by atoms with Gasteiger partial charge in [0.25, 0.3) is 5.79 Å². The third-order valence-electron chi connectivity index (χ3n) is 16.6. The molecule has 0 spiro atoms. The Hall–Kier alpha value is -10.2. The fourth-order valence-electron chi connectivity index (χ4n) is 13.1. The number of nitrogens with zero attached hydrogens (tertiary/aromatic N) is 2. The van der Waals surface area contributed by atoms with Crippen LogP contribution < -0.4 is 9.47 Å². The molecule has 0 radical (unpaired) electrons. The van der Waals surface area contributed by atoms with Gasteiger partial charge < -0.3 is 18.6 Å². The minimum Gasteiger partial charge on any atom is -0.446 e. The third kappa shape index (κ3) is 6.47. The van der Waals surface area contributed by atoms with Crippen LogP contribution in [0.2, 0.25) is 0 Å². The number of aromatic nitrogens is 2. The van der Waals surface area contributed by atoms with Gasteiger partial charge in [0, 0.05) is 61.7 Å². The molecule has 4 heteroatoms. The highest BCUT2D eigenvalue weighted by Gasteiger charge is 2.70. The second-order valence-corrected chi connectivity index (χ2v) is 20.7. The minimum absolute atomic E-state index is 0.776. The smallest absolute Gasteiger partial charge is 0.296 e. The van der Waals surface area contributed by atoms with E-state index in [1.807, 2.05) is 0 Å². The highest BCUT2D eigenvalue weighted by atomic mass is 16.7. The van der Waals surface area contributed by atoms with E-state index in [-0.39, 0.29) is 0 Å². The van der Waals surface area contributed by atoms with Crippen LogP contribution in [-0.2, 0) is 11.2 Å². The van der Waals surface area contributed by atoms with Gasteiger partial charge in [-0.1, -0.05) is 218 Å². The maximum Gasteiger partial charge on any atom is 0.296 e. The molecule has 14 aromatic rings. The van der Waals surface area contributed by atoms with Crippen LogP contribution >= 0.6 is 0 Å². The van der Waals surface area contributed by atoms with Crippen molar-refractivity contribution in [3.63, 3.8) is 0 Å². The van der Waals surface area contributed by atoms with Crippen molar-refractivity contribution in [2.45, 2.75) is 11.2 Å². The first-order valence-electron chi connectivity index (χ1n) is 26.8. The molecule has 366 valence electrons. The van der Waals surface area contributed by atoms with Gasteiger partial charge in [0.05, 0.1) is 22.1 Å². The first-order chi connectivity index (χ1) is 38.6. The van der Waals surface area contributed by atoms with E-state index in [9.17, 15) is 0 Å². The highest BCUT2D eigenvalue weighted by Crippen LogP contribution is 2.67. The lowest BCUT2D eigenvalue weighted by Gasteiger charge is -2.38. The van der Waals surface area contributed by atoms with Gasteiger partial charge in [0.15, 0.2) is 0 Å². The summed E-state index contributed by atoms with van der Waals surface area (Å²) in [6, 6.07) is 105. The third-order valence-corrected chi connectivity index (χ3v) is 16.6. The predicted octanol–water partition coefficient (Wildman–Crippen LogP) is 18.5. The summed E-state index contributed by atoms with van der Waals surface area (Å²) in [5.74, 6) is 0.249. The maximum atomic E-state index is 7.70. The Morgan fingerprint density at radius 1 is 0.244 bits per heavy atom. The summed E-state index contributed by atoms with van der Waals surface area (Å²) in [6.45, 7) is 0. The lowest BCUT2D eigenvalue weighted by Crippen LogP contribution is -2.50. The van der Waals surface area contributed by atoms with E-state index in [1.54, 1.807) is 0 Å². The Bertz CT molecular complexity index is 4190. The molecule has 2 aliphatic heterocycles. The van der Waals surface area contributed by atoms with Gasteiger partial charge in [-0.2, -0.15) is 0 Å². The minimum atomic E-state index is -1.30. The molecule has 4 nitrogen and oxygen atoms in total. The molecule has 12 aromatic carbocycles. The number of rotatable bonds is 8. The second-order valence-electron chi connectivity index (χ2n) is 20.7. The molecule has 0 N–H and O–H groups in total. The van der Waals surface area contributed by atoms with Crippen molar-refractivity contribution in [2.24, 2.45) is 0 Å². The summed E-state index contributed by atoms with van der Waals surface area (Å²) in [6.07, 6.45) is 0. The Balaban J connectivity index is 0.900. The van der Waals surface area contributed by atoms with Crippen molar-refractivity contribution in [3.05, 3.63) is 313 Å². The van der Waals surface area contributed by atoms with E-state index in [0.717, 1.165) is 67.2 Å². The number of hydrogen-bond donors (Lipinski definition) is 0. The van der Waals surface area contributed by atoms with Gasteiger partial charge >= 0.3 is 0 Å². The van der Waals surface area contributed by atoms with Crippen LogP contribution in [0.15, 0.2) is 291 Å². The fourth-order valence-corrected chi connectivity index (χ4v) is 13.1. The molecule has 0 saturated carbocycles. The molecule has 0 fully saturated rings. The van der Waals surface area contributed by atoms with Crippen LogP contribution in [0.1, 0.15) is 22.3 Å². The normalized spacial score (nSPS) is 16.3. The van der Waals surface area contributed by atoms with Crippen LogP contribution in [0.3, 0.4) is 0 Å². The molecule has 2 aliphatic rings. The zero-order valence-electron chi connectivity index (χ0n) is 42.4. The van der Waals surface area contributed by atoms with Crippen LogP contribution in [0.5, 0.6) is 11.5 Å². The molecular formula is C74H48N2O2. The van der Waals surface area contributed by atoms with Crippen LogP contribution in [0, 0.1) is 0 Å². The van der Waals surface area contributed by atoms with Crippen molar-refractivity contribution < 1.29 is 9.47 Å². The molecule has 0 bridgehead atoms. The number of benzene rings is 12. The van der Waals surface area contributed by atoms with Gasteiger partial charge in [0.2, 0.25) is 0 Å². The van der Waals surface area contributed by atoms with Gasteiger partial charge in [-0.15, -0.1) is 0 Å². The lowest BCUT2D eigenvalue weighted by atomic mass is 9.64. The summed E-state index contributed by atoms with van der Waals surface area (Å²) in [7, 11) is 0. The van der Waals surface area contributed by atoms with Crippen molar-refractivity contribution in [3.8, 4) is 67.4 Å². The Labute approximate surface area is 451 Å². The van der Waals surface area contributed by atoms with Crippen LogP contribution in [-0.4, -0.2) is 9.13 Å². The summed E-state index contributed by atoms with van der Waals surface area (Å²) in [5, 5.41) is 4.75. The molecule has 4 heterocycles. The van der Waals surface area contributed by atoms with E-state index < -0.39 is 11.2 Å². The van der Waals surface area contributed by atoms with Crippen molar-refractivity contribution >= 4 is 43.6 Å². The summed E-state index contributed by atoms with van der Waals surface area (Å²) in [5.41, 5.74) is 19.2. The quantitative estimate of drug-likeness (QED) is 0.152. The Morgan fingerprint density at radius 2 is 0.538 bits per heavy atom. The lowest BCUT2D eigenvalue weighted by molar-refractivity contribution is -0.119. The first-order valence-corrected chi connectivity index (χ1v) is 26.8. The average molecular weight is 997 g/mol. The molecule has 2 aromatic heterocycles. The summed E-state index contributed by atoms with van der Waals surface area (Å²) >= 11 is 0. The predicted molar refractivity (Wildman–Crippen MR) is 319 cm³/mol. The van der Waals surface area contributed by atoms with Gasteiger partial charge in [0.1, 0.15) is 16.9 Å². The van der Waals surface area contributed by atoms with Gasteiger partial charge in [-0.25, -0.2) is 0 Å². The largest absolute Gasteiger partial charge is 0.446 e. The topological polar surface area (TPSA) is 28.3 Å². The summed E-state index contributed by atoms with van der Waals surface area (Å²) < 4.78 is 20.2. The number of fused-ring (bicyclic) bond motifs is 11. The van der Waals surface area contributed by atoms with Crippen molar-refractivity contribution in [1.82, 2.24) is 9.13 Å². The fraction of sp³-hybridized carbons (Fsp3) is 0.0270. The number of hydrogen-bond acceptors (Lipinski definition) is 2. The van der Waals surface area contributed by atoms with Crippen LogP contribution in [0.25, 0.3) is 99.5 Å². The van der Waals surface area contributed by atoms with E-state index in [1.165, 1.54) is 66.1 Å². The zero-order chi connectivity index (χ0) is 51.4. The number of ether oxygens (including phenoxy) is 2. The monoisotopic (exact) mass is 996 g/mol. The van der Waals surface area contributed by atoms with Crippen LogP contribution in [0.4, 0.5) is 0 Å². The molecule has 0 atom stereocenters. The molecule has 78 heavy (non-hydrogen) atoms. The first kappa shape index (κ1) is 44.2. The molecular weight excluding hydrogens is 949 g/mol. The van der Waals surface area contributed by atoms with Gasteiger partial charge in [-0.05, 0) is 111 Å². The van der Waals surface area contributed by atoms with Crippen molar-refractivity contribution in [2.75, 3.05) is 0 Å². The summed E-state index contributed by atoms with van der Waals surface area (Å²) in [4.78, 5) is 0. The molecule has 0 amide bonds. The average Bonchev–Trinajstić information content (AvgIpc) is 3.15. The van der Waals surface area contributed by atoms with E-state index >= 15 is 0 Å². The molecule has 0 aliphatic carbocycles. The maximum absolute atomic E-state index is 7.70. The SMILES string of the molecule is c1ccc(-c2ccc3c(c2)c2cc(-c4ccccc4)ccc2n3-c2ccc3c(c2)OC2(c4ccccc4)Oc4cc(-n5c6ccc(-c7ccccc7)cc6c6cc(-c7ccccc7)ccc65)ccc4C32c2ccccc2)cc1. The molecule has 0 unspecified atom stereocenters. The van der Waals surface area contributed by atoms with Crippen molar-refractivity contribution in [1.29, 1.82) is 0 Å². The standard InChI is InChI=1S/C74H48N2O2/c1-7-19-49(20-8-1)53-31-39-67-61(43-53)62-44-54(50-21-9-2-10-22-50)32-40-68(62)75(67)59-35-37-65-71(47-59)77-74(58-29-17-6-18-30-58)73(65,57-27-15-5-16-28-57)66-38-36-60(48-72(66)78-74)76-69-41-33-55(51-23-11-3-12-24-51)45-63(69)64-46-56(34-42-70(64)76)52-25-13-4-14-26-52/h1-48H. The molecule has 16 rings (SSSR count). The van der Waals surface area contributed by atoms with E-state index in [2.05, 4.69) is 300 Å². The zero-order valence-corrected chi connectivity index (χ0v) is 42.4. The van der Waals surface area contributed by atoms with E-state index in [4.69, 9.17) is 9.47 Å². The van der Waals surface area contributed by atoms with Gasteiger partial charge in [-0.3, -0.25) is 0 Å². The second kappa shape index (κ2) is 17.2. The van der Waals surface area contributed by atoms with E-state index in [0.29, 0.717) is 0 Å². The highest BCUT2D eigenvalue weighted by molar-refractivity contribution is 6.13.